The molecule has 0 bridgehead atoms. The van der Waals surface area contributed by atoms with Gasteiger partial charge in [-0.05, 0) is 37.8 Å². The standard InChI is InChI=1S/C15H19NO4S/c1-10(11-4-6-20-7-5-11)16-15(19)12-8-13(21-9-12)2-3-14(17)18/h2-3,8-11H,4-7H2,1H3,(H,16,19)(H,17,18)/b3-2+. The van der Waals surface area contributed by atoms with E-state index < -0.39 is 5.97 Å². The lowest BCUT2D eigenvalue weighted by Crippen LogP contribution is -2.40. The monoisotopic (exact) mass is 309 g/mol. The molecule has 0 radical (unpaired) electrons. The van der Waals surface area contributed by atoms with Crippen LogP contribution in [0.3, 0.4) is 0 Å². The molecule has 1 aliphatic heterocycles. The Hall–Kier alpha value is -1.66. The highest BCUT2D eigenvalue weighted by atomic mass is 32.1. The molecular formula is C15H19NO4S. The molecule has 21 heavy (non-hydrogen) atoms. The Kier molecular flexibility index (Phi) is 5.52. The molecule has 1 atom stereocenters. The van der Waals surface area contributed by atoms with E-state index in [2.05, 4.69) is 5.32 Å². The van der Waals surface area contributed by atoms with Gasteiger partial charge in [0, 0.05) is 35.6 Å². The summed E-state index contributed by atoms with van der Waals surface area (Å²) in [5.41, 5.74) is 0.573. The van der Waals surface area contributed by atoms with Crippen molar-refractivity contribution in [2.45, 2.75) is 25.8 Å². The maximum atomic E-state index is 12.2. The number of carbonyl (C=O) groups excluding carboxylic acids is 1. The van der Waals surface area contributed by atoms with Crippen LogP contribution in [-0.2, 0) is 9.53 Å². The molecule has 1 aliphatic rings. The van der Waals surface area contributed by atoms with Crippen LogP contribution in [0.15, 0.2) is 17.5 Å². The normalized spacial score (nSPS) is 17.8. The maximum Gasteiger partial charge on any atom is 0.328 e. The van der Waals surface area contributed by atoms with Gasteiger partial charge >= 0.3 is 5.97 Å². The number of aliphatic carboxylic acids is 1. The van der Waals surface area contributed by atoms with Crippen LogP contribution < -0.4 is 5.32 Å². The van der Waals surface area contributed by atoms with Gasteiger partial charge in [-0.15, -0.1) is 11.3 Å². The molecule has 1 unspecified atom stereocenters. The lowest BCUT2D eigenvalue weighted by molar-refractivity contribution is -0.131. The minimum absolute atomic E-state index is 0.110. The van der Waals surface area contributed by atoms with E-state index in [1.807, 2.05) is 6.92 Å². The second-order valence-corrected chi connectivity index (χ2v) is 6.06. The fraction of sp³-hybridized carbons (Fsp3) is 0.467. The number of nitrogens with one attached hydrogen (secondary N) is 1. The average Bonchev–Trinajstić information content (AvgIpc) is 2.95. The molecule has 0 saturated carbocycles. The predicted molar refractivity (Wildman–Crippen MR) is 81.5 cm³/mol. The molecule has 2 heterocycles. The van der Waals surface area contributed by atoms with Gasteiger partial charge < -0.3 is 15.2 Å². The highest BCUT2D eigenvalue weighted by Crippen LogP contribution is 2.20. The minimum atomic E-state index is -0.998. The van der Waals surface area contributed by atoms with E-state index in [0.29, 0.717) is 11.5 Å². The van der Waals surface area contributed by atoms with E-state index in [9.17, 15) is 9.59 Å². The summed E-state index contributed by atoms with van der Waals surface area (Å²) in [6.07, 6.45) is 4.50. The highest BCUT2D eigenvalue weighted by Gasteiger charge is 2.22. The SMILES string of the molecule is CC(NC(=O)c1csc(/C=C/C(=O)O)c1)C1CCOCC1. The second kappa shape index (κ2) is 7.38. The largest absolute Gasteiger partial charge is 0.478 e. The van der Waals surface area contributed by atoms with Crippen LogP contribution in [0.4, 0.5) is 0 Å². The van der Waals surface area contributed by atoms with Gasteiger partial charge in [0.15, 0.2) is 0 Å². The van der Waals surface area contributed by atoms with Crippen molar-refractivity contribution in [3.05, 3.63) is 28.0 Å². The number of ether oxygens (including phenoxy) is 1. The summed E-state index contributed by atoms with van der Waals surface area (Å²) in [6.45, 7) is 3.53. The number of hydrogen-bond donors (Lipinski definition) is 2. The molecule has 1 fully saturated rings. The lowest BCUT2D eigenvalue weighted by Gasteiger charge is -2.28. The lowest BCUT2D eigenvalue weighted by atomic mass is 9.93. The first kappa shape index (κ1) is 15.7. The number of rotatable bonds is 5. The zero-order chi connectivity index (χ0) is 15.2. The van der Waals surface area contributed by atoms with Gasteiger partial charge in [0.05, 0.1) is 5.56 Å². The molecule has 2 rings (SSSR count). The van der Waals surface area contributed by atoms with E-state index in [-0.39, 0.29) is 11.9 Å². The Morgan fingerprint density at radius 3 is 2.86 bits per heavy atom. The van der Waals surface area contributed by atoms with Crippen molar-refractivity contribution in [2.24, 2.45) is 5.92 Å². The number of thiophene rings is 1. The van der Waals surface area contributed by atoms with Gasteiger partial charge in [-0.25, -0.2) is 4.79 Å². The van der Waals surface area contributed by atoms with Crippen LogP contribution in [0, 0.1) is 5.92 Å². The van der Waals surface area contributed by atoms with Crippen molar-refractivity contribution in [2.75, 3.05) is 13.2 Å². The molecule has 114 valence electrons. The Balaban J connectivity index is 1.92. The third-order valence-electron chi connectivity index (χ3n) is 3.60. The molecule has 6 heteroatoms. The zero-order valence-corrected chi connectivity index (χ0v) is 12.7. The van der Waals surface area contributed by atoms with Crippen molar-refractivity contribution < 1.29 is 19.4 Å². The van der Waals surface area contributed by atoms with Gasteiger partial charge in [-0.3, -0.25) is 4.79 Å². The fourth-order valence-electron chi connectivity index (χ4n) is 2.34. The van der Waals surface area contributed by atoms with Crippen molar-refractivity contribution >= 4 is 29.3 Å². The van der Waals surface area contributed by atoms with Gasteiger partial charge in [0.2, 0.25) is 0 Å². The maximum absolute atomic E-state index is 12.2. The summed E-state index contributed by atoms with van der Waals surface area (Å²) >= 11 is 1.35. The Labute approximate surface area is 127 Å². The second-order valence-electron chi connectivity index (χ2n) is 5.12. The molecule has 0 spiro atoms. The Bertz CT molecular complexity index is 532. The summed E-state index contributed by atoms with van der Waals surface area (Å²) in [5.74, 6) is -0.657. The van der Waals surface area contributed by atoms with Crippen molar-refractivity contribution in [3.63, 3.8) is 0 Å². The van der Waals surface area contributed by atoms with E-state index in [1.165, 1.54) is 17.4 Å². The molecule has 0 aromatic carbocycles. The van der Waals surface area contributed by atoms with E-state index in [4.69, 9.17) is 9.84 Å². The topological polar surface area (TPSA) is 75.6 Å². The first-order valence-corrected chi connectivity index (χ1v) is 7.82. The molecule has 1 aromatic rings. The van der Waals surface area contributed by atoms with Crippen LogP contribution in [0.2, 0.25) is 0 Å². The Morgan fingerprint density at radius 1 is 1.48 bits per heavy atom. The third-order valence-corrected chi connectivity index (χ3v) is 4.50. The first-order chi connectivity index (χ1) is 10.1. The molecule has 1 aromatic heterocycles. The van der Waals surface area contributed by atoms with Crippen LogP contribution in [0.25, 0.3) is 6.08 Å². The van der Waals surface area contributed by atoms with Gasteiger partial charge in [-0.1, -0.05) is 0 Å². The molecule has 1 saturated heterocycles. The highest BCUT2D eigenvalue weighted by molar-refractivity contribution is 7.11. The van der Waals surface area contributed by atoms with Crippen molar-refractivity contribution in [1.82, 2.24) is 5.32 Å². The van der Waals surface area contributed by atoms with E-state index in [1.54, 1.807) is 11.4 Å². The van der Waals surface area contributed by atoms with Crippen LogP contribution in [0.5, 0.6) is 0 Å². The molecule has 1 amide bonds. The first-order valence-electron chi connectivity index (χ1n) is 6.94. The fourth-order valence-corrected chi connectivity index (χ4v) is 3.12. The van der Waals surface area contributed by atoms with Gasteiger partial charge in [-0.2, -0.15) is 0 Å². The minimum Gasteiger partial charge on any atom is -0.478 e. The third kappa shape index (κ3) is 4.68. The number of hydrogen-bond acceptors (Lipinski definition) is 4. The molecule has 0 aliphatic carbocycles. The van der Waals surface area contributed by atoms with Crippen molar-refractivity contribution in [3.8, 4) is 0 Å². The summed E-state index contributed by atoms with van der Waals surface area (Å²) in [4.78, 5) is 23.4. The van der Waals surface area contributed by atoms with E-state index >= 15 is 0 Å². The number of carboxylic acids is 1. The molecule has 2 N–H and O–H groups in total. The van der Waals surface area contributed by atoms with Crippen LogP contribution >= 0.6 is 11.3 Å². The molecular weight excluding hydrogens is 290 g/mol. The van der Waals surface area contributed by atoms with Crippen LogP contribution in [0.1, 0.15) is 35.0 Å². The number of carboxylic acid groups (broad SMARTS) is 1. The van der Waals surface area contributed by atoms with Gasteiger partial charge in [0.25, 0.3) is 5.91 Å². The summed E-state index contributed by atoms with van der Waals surface area (Å²) < 4.78 is 5.32. The van der Waals surface area contributed by atoms with Crippen LogP contribution in [-0.4, -0.2) is 36.2 Å². The summed E-state index contributed by atoms with van der Waals surface area (Å²) in [5, 5.41) is 13.3. The number of carbonyl (C=O) groups is 2. The predicted octanol–water partition coefficient (Wildman–Crippen LogP) is 2.39. The average molecular weight is 309 g/mol. The molecule has 5 nitrogen and oxygen atoms in total. The quantitative estimate of drug-likeness (QED) is 0.819. The Morgan fingerprint density at radius 2 is 2.19 bits per heavy atom. The number of amides is 1. The van der Waals surface area contributed by atoms with Crippen molar-refractivity contribution in [1.29, 1.82) is 0 Å². The smallest absolute Gasteiger partial charge is 0.328 e. The summed E-state index contributed by atoms with van der Waals surface area (Å²) in [6, 6.07) is 1.81. The van der Waals surface area contributed by atoms with Gasteiger partial charge in [0.1, 0.15) is 0 Å². The summed E-state index contributed by atoms with van der Waals surface area (Å²) in [7, 11) is 0. The zero-order valence-electron chi connectivity index (χ0n) is 11.9. The van der Waals surface area contributed by atoms with E-state index in [0.717, 1.165) is 37.0 Å².